The van der Waals surface area contributed by atoms with Gasteiger partial charge in [-0.25, -0.2) is 4.79 Å². The van der Waals surface area contributed by atoms with Crippen molar-refractivity contribution >= 4 is 11.9 Å². The van der Waals surface area contributed by atoms with E-state index in [9.17, 15) is 9.59 Å². The second-order valence-electron chi connectivity index (χ2n) is 4.81. The van der Waals surface area contributed by atoms with Gasteiger partial charge in [0.2, 0.25) is 0 Å². The molecule has 116 valence electrons. The first-order valence-electron chi connectivity index (χ1n) is 7.14. The number of urea groups is 1. The zero-order valence-corrected chi connectivity index (χ0v) is 12.4. The third-order valence-corrected chi connectivity index (χ3v) is 3.28. The number of nitrogens with one attached hydrogen (secondary N) is 2. The molecule has 0 saturated heterocycles. The van der Waals surface area contributed by atoms with Crippen LogP contribution in [0.25, 0.3) is 0 Å². The molecule has 1 aromatic heterocycles. The van der Waals surface area contributed by atoms with Gasteiger partial charge in [0, 0.05) is 12.6 Å². The lowest BCUT2D eigenvalue weighted by Gasteiger charge is -2.15. The van der Waals surface area contributed by atoms with E-state index in [-0.39, 0.29) is 5.91 Å². The molecule has 4 N–H and O–H groups in total. The lowest BCUT2D eigenvalue weighted by molar-refractivity contribution is -0.682. The number of benzene rings is 1. The predicted octanol–water partition coefficient (Wildman–Crippen LogP) is 0.582. The lowest BCUT2D eigenvalue weighted by Crippen LogP contribution is -2.88. The summed E-state index contributed by atoms with van der Waals surface area (Å²) in [6.07, 6.45) is 2.34. The number of imide groups is 1. The van der Waals surface area contributed by atoms with Crippen LogP contribution in [0.1, 0.15) is 17.4 Å². The molecule has 1 atom stereocenters. The smallest absolute Gasteiger partial charge is 0.321 e. The Hall–Kier alpha value is -2.60. The number of nitrogens with two attached hydrogens (primary N) is 1. The summed E-state index contributed by atoms with van der Waals surface area (Å²) in [5.74, 6) is 0.528. The van der Waals surface area contributed by atoms with Crippen molar-refractivity contribution in [2.24, 2.45) is 0 Å². The molecule has 0 fully saturated rings. The van der Waals surface area contributed by atoms with Crippen LogP contribution in [0.3, 0.4) is 0 Å². The molecule has 0 spiro atoms. The summed E-state index contributed by atoms with van der Waals surface area (Å²) in [5.41, 5.74) is 0.850. The Morgan fingerprint density at radius 1 is 1.18 bits per heavy atom. The number of hydrogen-bond donors (Lipinski definition) is 3. The highest BCUT2D eigenvalue weighted by atomic mass is 16.3. The largest absolute Gasteiger partial charge is 0.469 e. The SMILES string of the molecule is CNC(=O)NC(=O)[C@@H]([NH2+]CCc1ccco1)c1ccccc1. The topological polar surface area (TPSA) is 88.0 Å². The monoisotopic (exact) mass is 302 g/mol. The van der Waals surface area contributed by atoms with Crippen LogP contribution < -0.4 is 16.0 Å². The number of carbonyl (C=O) groups is 2. The number of furan rings is 1. The molecule has 22 heavy (non-hydrogen) atoms. The quantitative estimate of drug-likeness (QED) is 0.729. The van der Waals surface area contributed by atoms with E-state index in [2.05, 4.69) is 10.6 Å². The van der Waals surface area contributed by atoms with Crippen molar-refractivity contribution in [3.63, 3.8) is 0 Å². The molecule has 3 amide bonds. The van der Waals surface area contributed by atoms with E-state index < -0.39 is 12.1 Å². The van der Waals surface area contributed by atoms with Gasteiger partial charge in [0.15, 0.2) is 6.04 Å². The van der Waals surface area contributed by atoms with Crippen LogP contribution in [0.15, 0.2) is 53.1 Å². The van der Waals surface area contributed by atoms with Crippen LogP contribution in [-0.4, -0.2) is 25.5 Å². The fourth-order valence-electron chi connectivity index (χ4n) is 2.15. The lowest BCUT2D eigenvalue weighted by atomic mass is 10.1. The number of rotatable bonds is 6. The Bertz CT molecular complexity index is 596. The maximum atomic E-state index is 12.3. The van der Waals surface area contributed by atoms with E-state index in [0.717, 1.165) is 11.3 Å². The molecule has 1 heterocycles. The normalized spacial score (nSPS) is 11.7. The van der Waals surface area contributed by atoms with Crippen molar-refractivity contribution in [2.45, 2.75) is 12.5 Å². The van der Waals surface area contributed by atoms with Gasteiger partial charge in [0.05, 0.1) is 19.2 Å². The Morgan fingerprint density at radius 3 is 2.59 bits per heavy atom. The second-order valence-corrected chi connectivity index (χ2v) is 4.81. The van der Waals surface area contributed by atoms with Gasteiger partial charge in [-0.2, -0.15) is 0 Å². The van der Waals surface area contributed by atoms with Gasteiger partial charge in [0.1, 0.15) is 5.76 Å². The molecule has 2 aromatic rings. The van der Waals surface area contributed by atoms with Gasteiger partial charge >= 0.3 is 6.03 Å². The van der Waals surface area contributed by atoms with E-state index in [4.69, 9.17) is 4.42 Å². The van der Waals surface area contributed by atoms with Crippen molar-refractivity contribution in [2.75, 3.05) is 13.6 Å². The molecule has 1 aromatic carbocycles. The number of amides is 3. The molecule has 6 heteroatoms. The standard InChI is InChI=1S/C16H19N3O3/c1-17-16(21)19-15(20)14(12-6-3-2-4-7-12)18-10-9-13-8-5-11-22-13/h2-8,11,14,18H,9-10H2,1H3,(H2,17,19,20,21)/p+1/t14-/m0/s1. The molecule has 0 bridgehead atoms. The molecule has 6 nitrogen and oxygen atoms in total. The molecular weight excluding hydrogens is 282 g/mol. The third-order valence-electron chi connectivity index (χ3n) is 3.28. The number of carbonyl (C=O) groups excluding carboxylic acids is 2. The maximum Gasteiger partial charge on any atom is 0.321 e. The number of hydrogen-bond acceptors (Lipinski definition) is 3. The van der Waals surface area contributed by atoms with Gasteiger partial charge in [0.25, 0.3) is 5.91 Å². The second kappa shape index (κ2) is 7.99. The fraction of sp³-hybridized carbons (Fsp3) is 0.250. The minimum Gasteiger partial charge on any atom is -0.469 e. The molecule has 2 rings (SSSR count). The fourth-order valence-corrected chi connectivity index (χ4v) is 2.15. The third kappa shape index (κ3) is 4.46. The van der Waals surface area contributed by atoms with E-state index >= 15 is 0 Å². The van der Waals surface area contributed by atoms with Crippen LogP contribution in [0.2, 0.25) is 0 Å². The predicted molar refractivity (Wildman–Crippen MR) is 81.0 cm³/mol. The van der Waals surface area contributed by atoms with Gasteiger partial charge in [-0.15, -0.1) is 0 Å². The number of quaternary nitrogens is 1. The van der Waals surface area contributed by atoms with Crippen molar-refractivity contribution < 1.29 is 19.3 Å². The van der Waals surface area contributed by atoms with Gasteiger partial charge < -0.3 is 15.1 Å². The van der Waals surface area contributed by atoms with Gasteiger partial charge in [-0.1, -0.05) is 30.3 Å². The summed E-state index contributed by atoms with van der Waals surface area (Å²) in [4.78, 5) is 23.6. The van der Waals surface area contributed by atoms with E-state index in [1.54, 1.807) is 6.26 Å². The molecule has 0 radical (unpaired) electrons. The van der Waals surface area contributed by atoms with Crippen LogP contribution in [0.5, 0.6) is 0 Å². The molecule has 0 aliphatic carbocycles. The average Bonchev–Trinajstić information content (AvgIpc) is 3.05. The summed E-state index contributed by atoms with van der Waals surface area (Å²) in [6.45, 7) is 0.675. The molecule has 0 saturated carbocycles. The highest BCUT2D eigenvalue weighted by molar-refractivity contribution is 5.96. The van der Waals surface area contributed by atoms with E-state index in [0.29, 0.717) is 13.0 Å². The van der Waals surface area contributed by atoms with Crippen LogP contribution in [0, 0.1) is 0 Å². The summed E-state index contributed by atoms with van der Waals surface area (Å²) < 4.78 is 5.28. The van der Waals surface area contributed by atoms with Crippen molar-refractivity contribution in [1.29, 1.82) is 0 Å². The summed E-state index contributed by atoms with van der Waals surface area (Å²) in [7, 11) is 1.47. The van der Waals surface area contributed by atoms with Crippen LogP contribution in [-0.2, 0) is 11.2 Å². The molecular formula is C16H20N3O3+. The zero-order valence-electron chi connectivity index (χ0n) is 12.4. The zero-order chi connectivity index (χ0) is 15.8. The Labute approximate surface area is 128 Å². The van der Waals surface area contributed by atoms with Crippen LogP contribution >= 0.6 is 0 Å². The highest BCUT2D eigenvalue weighted by Gasteiger charge is 2.25. The van der Waals surface area contributed by atoms with Crippen LogP contribution in [0.4, 0.5) is 4.79 Å². The summed E-state index contributed by atoms with van der Waals surface area (Å²) >= 11 is 0. The minimum absolute atomic E-state index is 0.343. The first kappa shape index (κ1) is 15.8. The first-order chi connectivity index (χ1) is 10.7. The van der Waals surface area contributed by atoms with Crippen molar-refractivity contribution in [3.05, 3.63) is 60.1 Å². The Balaban J connectivity index is 2.01. The first-order valence-corrected chi connectivity index (χ1v) is 7.14. The average molecular weight is 302 g/mol. The highest BCUT2D eigenvalue weighted by Crippen LogP contribution is 2.08. The van der Waals surface area contributed by atoms with Crippen molar-refractivity contribution in [1.82, 2.24) is 10.6 Å². The van der Waals surface area contributed by atoms with Crippen molar-refractivity contribution in [3.8, 4) is 0 Å². The molecule has 0 aliphatic heterocycles. The molecule has 0 unspecified atom stereocenters. The maximum absolute atomic E-state index is 12.3. The van der Waals surface area contributed by atoms with Gasteiger partial charge in [-0.05, 0) is 12.1 Å². The minimum atomic E-state index is -0.509. The van der Waals surface area contributed by atoms with E-state index in [1.807, 2.05) is 47.8 Å². The van der Waals surface area contributed by atoms with E-state index in [1.165, 1.54) is 7.05 Å². The summed E-state index contributed by atoms with van der Waals surface area (Å²) in [6, 6.07) is 12.1. The van der Waals surface area contributed by atoms with Gasteiger partial charge in [-0.3, -0.25) is 10.1 Å². The molecule has 0 aliphatic rings. The Kier molecular flexibility index (Phi) is 5.73. The summed E-state index contributed by atoms with van der Waals surface area (Å²) in [5, 5.41) is 6.61. The Morgan fingerprint density at radius 2 is 1.95 bits per heavy atom.